The zero-order valence-electron chi connectivity index (χ0n) is 12.8. The molecule has 1 radical (unpaired) electrons. The molecule has 0 N–H and O–H groups in total. The van der Waals surface area contributed by atoms with E-state index in [0.29, 0.717) is 0 Å². The van der Waals surface area contributed by atoms with Crippen LogP contribution in [-0.4, -0.2) is 0 Å². The summed E-state index contributed by atoms with van der Waals surface area (Å²) in [4.78, 5) is 0. The molecule has 0 amide bonds. The molecule has 4 rings (SSSR count). The molecule has 0 aromatic heterocycles. The zero-order valence-corrected chi connectivity index (χ0v) is 14.9. The van der Waals surface area contributed by atoms with E-state index in [0.717, 1.165) is 0 Å². The molecule has 0 aliphatic rings. The van der Waals surface area contributed by atoms with Crippen LogP contribution in [0.2, 0.25) is 0 Å². The van der Waals surface area contributed by atoms with Crippen LogP contribution in [0.3, 0.4) is 0 Å². The second-order valence-electron chi connectivity index (χ2n) is 5.32. The first kappa shape index (κ1) is 18.6. The summed E-state index contributed by atoms with van der Waals surface area (Å²) in [7, 11) is 0. The Morgan fingerprint density at radius 2 is 1.00 bits per heavy atom. The SMILES string of the molecule is Cc1cc2ccccc2[cH-]1.Cc1cc2ccccc2[cH-]1.[Cl-].[V]. The van der Waals surface area contributed by atoms with Crippen LogP contribution in [0.15, 0.2) is 72.8 Å². The number of halogens is 1. The predicted octanol–water partition coefficient (Wildman–Crippen LogP) is 2.74. The Labute approximate surface area is 150 Å². The Balaban J connectivity index is 0.000000202. The van der Waals surface area contributed by atoms with Crippen molar-refractivity contribution in [3.63, 3.8) is 0 Å². The van der Waals surface area contributed by atoms with E-state index in [9.17, 15) is 0 Å². The van der Waals surface area contributed by atoms with Crippen LogP contribution in [-0.2, 0) is 18.6 Å². The molecule has 22 heavy (non-hydrogen) atoms. The van der Waals surface area contributed by atoms with E-state index in [2.05, 4.69) is 86.6 Å². The summed E-state index contributed by atoms with van der Waals surface area (Å²) >= 11 is 0. The fourth-order valence-electron chi connectivity index (χ4n) is 2.61. The fraction of sp³-hybridized carbons (Fsp3) is 0.100. The van der Waals surface area contributed by atoms with E-state index in [-0.39, 0.29) is 31.0 Å². The number of hydrogen-bond acceptors (Lipinski definition) is 0. The number of hydrogen-bond donors (Lipinski definition) is 0. The summed E-state index contributed by atoms with van der Waals surface area (Å²) in [6.45, 7) is 4.25. The van der Waals surface area contributed by atoms with Gasteiger partial charge in [-0.3, -0.25) is 0 Å². The van der Waals surface area contributed by atoms with Gasteiger partial charge in [0.2, 0.25) is 0 Å². The van der Waals surface area contributed by atoms with Crippen molar-refractivity contribution >= 4 is 21.5 Å². The number of benzene rings is 2. The van der Waals surface area contributed by atoms with Crippen molar-refractivity contribution < 1.29 is 31.0 Å². The van der Waals surface area contributed by atoms with Crippen molar-refractivity contribution in [2.45, 2.75) is 13.8 Å². The van der Waals surface area contributed by atoms with Crippen LogP contribution >= 0.6 is 0 Å². The first-order chi connectivity index (χ1) is 9.72. The van der Waals surface area contributed by atoms with Gasteiger partial charge in [-0.25, -0.2) is 0 Å². The molecule has 0 atom stereocenters. The van der Waals surface area contributed by atoms with Gasteiger partial charge in [0.15, 0.2) is 0 Å². The average molecular weight is 345 g/mol. The maximum atomic E-state index is 2.20. The van der Waals surface area contributed by atoms with Gasteiger partial charge in [-0.15, -0.1) is 81.2 Å². The maximum Gasteiger partial charge on any atom is 0 e. The normalized spacial score (nSPS) is 9.55. The quantitative estimate of drug-likeness (QED) is 0.430. The van der Waals surface area contributed by atoms with Crippen molar-refractivity contribution in [1.29, 1.82) is 0 Å². The minimum Gasteiger partial charge on any atom is -1.00 e. The third-order valence-corrected chi connectivity index (χ3v) is 3.52. The van der Waals surface area contributed by atoms with Gasteiger partial charge in [0, 0.05) is 18.6 Å². The zero-order chi connectivity index (χ0) is 13.9. The molecule has 0 spiro atoms. The number of aryl methyl sites for hydroxylation is 2. The fourth-order valence-corrected chi connectivity index (χ4v) is 2.61. The Morgan fingerprint density at radius 1 is 0.636 bits per heavy atom. The molecule has 4 aromatic carbocycles. The average Bonchev–Trinajstić information content (AvgIpc) is 2.99. The largest absolute Gasteiger partial charge is 1.00 e. The molecular weight excluding hydrogens is 327 g/mol. The summed E-state index contributed by atoms with van der Waals surface area (Å²) in [5.74, 6) is 0. The van der Waals surface area contributed by atoms with Crippen molar-refractivity contribution in [3.8, 4) is 0 Å². The van der Waals surface area contributed by atoms with Crippen molar-refractivity contribution in [1.82, 2.24) is 0 Å². The third-order valence-electron chi connectivity index (χ3n) is 3.52. The van der Waals surface area contributed by atoms with E-state index in [1.807, 2.05) is 0 Å². The molecule has 0 bridgehead atoms. The number of fused-ring (bicyclic) bond motifs is 2. The van der Waals surface area contributed by atoms with E-state index < -0.39 is 0 Å². The minimum absolute atomic E-state index is 0. The van der Waals surface area contributed by atoms with E-state index in [4.69, 9.17) is 0 Å². The van der Waals surface area contributed by atoms with E-state index in [1.165, 1.54) is 32.7 Å². The molecule has 0 fully saturated rings. The molecule has 0 aliphatic heterocycles. The Bertz CT molecular complexity index is 701. The van der Waals surface area contributed by atoms with Gasteiger partial charge in [-0.2, -0.15) is 12.1 Å². The molecule has 0 saturated carbocycles. The van der Waals surface area contributed by atoms with Gasteiger partial charge in [0.25, 0.3) is 0 Å². The Kier molecular flexibility index (Phi) is 6.96. The molecule has 2 heteroatoms. The smallest absolute Gasteiger partial charge is 0 e. The van der Waals surface area contributed by atoms with Crippen molar-refractivity contribution in [2.75, 3.05) is 0 Å². The van der Waals surface area contributed by atoms with Gasteiger partial charge < -0.3 is 12.4 Å². The van der Waals surface area contributed by atoms with Crippen LogP contribution in [0.1, 0.15) is 11.1 Å². The molecule has 0 aliphatic carbocycles. The molecule has 0 heterocycles. The Hall–Kier alpha value is -1.47. The molecule has 4 aromatic rings. The second kappa shape index (κ2) is 8.24. The first-order valence-corrected chi connectivity index (χ1v) is 6.96. The summed E-state index contributed by atoms with van der Waals surface area (Å²) in [5.41, 5.74) is 2.70. The summed E-state index contributed by atoms with van der Waals surface area (Å²) in [5, 5.41) is 5.39. The van der Waals surface area contributed by atoms with Crippen LogP contribution in [0.4, 0.5) is 0 Å². The molecule has 0 unspecified atom stereocenters. The van der Waals surface area contributed by atoms with Gasteiger partial charge in [0.05, 0.1) is 0 Å². The van der Waals surface area contributed by atoms with Crippen molar-refractivity contribution in [2.24, 2.45) is 0 Å². The summed E-state index contributed by atoms with van der Waals surface area (Å²) in [6.07, 6.45) is 0. The molecule has 0 nitrogen and oxygen atoms in total. The standard InChI is InChI=1S/2C10H9.ClH.V/c2*1-8-6-9-4-2-3-5-10(9)7-8;;/h2*2-7H,1H3;1H;/q2*-1;;/p-1. The van der Waals surface area contributed by atoms with Crippen LogP contribution in [0, 0.1) is 13.8 Å². The molecule has 0 saturated heterocycles. The van der Waals surface area contributed by atoms with E-state index >= 15 is 0 Å². The topological polar surface area (TPSA) is 0 Å². The maximum absolute atomic E-state index is 2.20. The number of rotatable bonds is 0. The Morgan fingerprint density at radius 3 is 1.36 bits per heavy atom. The van der Waals surface area contributed by atoms with E-state index in [1.54, 1.807) is 0 Å². The summed E-state index contributed by atoms with van der Waals surface area (Å²) < 4.78 is 0. The van der Waals surface area contributed by atoms with Crippen LogP contribution in [0.25, 0.3) is 21.5 Å². The predicted molar refractivity (Wildman–Crippen MR) is 88.6 cm³/mol. The van der Waals surface area contributed by atoms with Gasteiger partial charge in [-0.1, -0.05) is 26.0 Å². The summed E-state index contributed by atoms with van der Waals surface area (Å²) in [6, 6.07) is 25.7. The van der Waals surface area contributed by atoms with Crippen LogP contribution < -0.4 is 12.4 Å². The van der Waals surface area contributed by atoms with Gasteiger partial charge in [0.1, 0.15) is 0 Å². The monoisotopic (exact) mass is 344 g/mol. The first-order valence-electron chi connectivity index (χ1n) is 6.96. The van der Waals surface area contributed by atoms with Gasteiger partial charge in [-0.05, 0) is 0 Å². The molecule has 113 valence electrons. The minimum atomic E-state index is 0. The second-order valence-corrected chi connectivity index (χ2v) is 5.32. The third kappa shape index (κ3) is 4.27. The van der Waals surface area contributed by atoms with Gasteiger partial charge >= 0.3 is 0 Å². The van der Waals surface area contributed by atoms with Crippen LogP contribution in [0.5, 0.6) is 0 Å². The molecular formula is C20H18ClV-3. The van der Waals surface area contributed by atoms with Crippen molar-refractivity contribution in [3.05, 3.63) is 83.9 Å².